The Kier molecular flexibility index (Phi) is 2.83. The monoisotopic (exact) mass is 231 g/mol. The molecule has 1 aromatic rings. The molecule has 1 aromatic carbocycles. The summed E-state index contributed by atoms with van der Waals surface area (Å²) < 4.78 is 0. The van der Waals surface area contributed by atoms with Gasteiger partial charge in [0.25, 0.3) is 0 Å². The van der Waals surface area contributed by atoms with Crippen molar-refractivity contribution in [3.8, 4) is 5.75 Å². The summed E-state index contributed by atoms with van der Waals surface area (Å²) in [5.41, 5.74) is 2.49. The van der Waals surface area contributed by atoms with Crippen molar-refractivity contribution >= 4 is 0 Å². The number of phenolic OH excluding ortho intramolecular Hbond substituents is 1. The van der Waals surface area contributed by atoms with Crippen molar-refractivity contribution in [2.45, 2.75) is 51.1 Å². The second-order valence-electron chi connectivity index (χ2n) is 5.62. The van der Waals surface area contributed by atoms with E-state index in [9.17, 15) is 5.11 Å². The number of rotatable bonds is 2. The highest BCUT2D eigenvalue weighted by Gasteiger charge is 2.30. The molecule has 1 fully saturated rings. The van der Waals surface area contributed by atoms with E-state index in [1.807, 2.05) is 6.07 Å². The molecule has 2 aliphatic carbocycles. The minimum absolute atomic E-state index is 0.461. The van der Waals surface area contributed by atoms with Crippen LogP contribution in [0.3, 0.4) is 0 Å². The highest BCUT2D eigenvalue weighted by molar-refractivity contribution is 5.44. The van der Waals surface area contributed by atoms with E-state index in [2.05, 4.69) is 18.3 Å². The second kappa shape index (κ2) is 4.34. The van der Waals surface area contributed by atoms with Gasteiger partial charge in [-0.2, -0.15) is 0 Å². The quantitative estimate of drug-likeness (QED) is 0.819. The van der Waals surface area contributed by atoms with Crippen LogP contribution in [-0.2, 0) is 6.42 Å². The predicted octanol–water partition coefficient (Wildman–Crippen LogP) is 3.16. The number of fused-ring (bicyclic) bond motifs is 1. The Morgan fingerprint density at radius 2 is 2.12 bits per heavy atom. The first kappa shape index (κ1) is 11.1. The third-order valence-electron chi connectivity index (χ3n) is 4.52. The lowest BCUT2D eigenvalue weighted by atomic mass is 10.0. The maximum absolute atomic E-state index is 9.83. The number of nitrogens with one attached hydrogen (secondary N) is 1. The molecule has 2 nitrogen and oxygen atoms in total. The molecular weight excluding hydrogens is 210 g/mol. The van der Waals surface area contributed by atoms with Gasteiger partial charge in [-0.05, 0) is 48.8 Å². The van der Waals surface area contributed by atoms with Crippen LogP contribution >= 0.6 is 0 Å². The summed E-state index contributed by atoms with van der Waals surface area (Å²) in [6, 6.07) is 7.07. The normalized spacial score (nSPS) is 31.7. The minimum atomic E-state index is 0.461. The van der Waals surface area contributed by atoms with Gasteiger partial charge in [0.2, 0.25) is 0 Å². The Bertz CT molecular complexity index is 415. The lowest BCUT2D eigenvalue weighted by Gasteiger charge is -2.23. The molecule has 0 heterocycles. The Morgan fingerprint density at radius 1 is 1.24 bits per heavy atom. The van der Waals surface area contributed by atoms with Gasteiger partial charge in [0.05, 0.1) is 0 Å². The van der Waals surface area contributed by atoms with Gasteiger partial charge in [0.1, 0.15) is 5.75 Å². The molecule has 0 bridgehead atoms. The van der Waals surface area contributed by atoms with Crippen LogP contribution in [0.2, 0.25) is 0 Å². The van der Waals surface area contributed by atoms with Crippen LogP contribution in [0.5, 0.6) is 5.75 Å². The number of phenols is 1. The average molecular weight is 231 g/mol. The number of hydrogen-bond acceptors (Lipinski definition) is 2. The van der Waals surface area contributed by atoms with E-state index in [0.29, 0.717) is 17.8 Å². The van der Waals surface area contributed by atoms with Gasteiger partial charge in [0, 0.05) is 12.1 Å². The summed E-state index contributed by atoms with van der Waals surface area (Å²) in [6.45, 7) is 2.35. The standard InChI is InChI=1S/C15H21NO/c1-10-4-2-6-13(10)16-14-9-8-12-11(14)5-3-7-15(12)17/h3,5,7,10,13-14,16-17H,2,4,6,8-9H2,1H3. The van der Waals surface area contributed by atoms with E-state index in [0.717, 1.165) is 24.3 Å². The molecule has 0 amide bonds. The van der Waals surface area contributed by atoms with Crippen LogP contribution < -0.4 is 5.32 Å². The van der Waals surface area contributed by atoms with Crippen LogP contribution in [0, 0.1) is 5.92 Å². The fourth-order valence-corrected chi connectivity index (χ4v) is 3.46. The fraction of sp³-hybridized carbons (Fsp3) is 0.600. The zero-order chi connectivity index (χ0) is 11.8. The summed E-state index contributed by atoms with van der Waals surface area (Å²) in [7, 11) is 0. The smallest absolute Gasteiger partial charge is 0.119 e. The van der Waals surface area contributed by atoms with Crippen molar-refractivity contribution < 1.29 is 5.11 Å². The second-order valence-corrected chi connectivity index (χ2v) is 5.62. The summed E-state index contributed by atoms with van der Waals surface area (Å²) >= 11 is 0. The maximum Gasteiger partial charge on any atom is 0.119 e. The van der Waals surface area contributed by atoms with E-state index in [1.54, 1.807) is 6.07 Å². The van der Waals surface area contributed by atoms with E-state index in [1.165, 1.54) is 24.8 Å². The molecule has 2 N–H and O–H groups in total. The lowest BCUT2D eigenvalue weighted by Crippen LogP contribution is -2.33. The molecule has 17 heavy (non-hydrogen) atoms. The van der Waals surface area contributed by atoms with Crippen LogP contribution in [0.4, 0.5) is 0 Å². The van der Waals surface area contributed by atoms with Gasteiger partial charge in [-0.15, -0.1) is 0 Å². The zero-order valence-corrected chi connectivity index (χ0v) is 10.4. The van der Waals surface area contributed by atoms with Crippen LogP contribution in [0.1, 0.15) is 49.8 Å². The van der Waals surface area contributed by atoms with Crippen molar-refractivity contribution in [1.29, 1.82) is 0 Å². The molecule has 0 aliphatic heterocycles. The summed E-state index contributed by atoms with van der Waals surface area (Å²) in [4.78, 5) is 0. The summed E-state index contributed by atoms with van der Waals surface area (Å²) in [5.74, 6) is 1.28. The van der Waals surface area contributed by atoms with Crippen molar-refractivity contribution in [2.75, 3.05) is 0 Å². The summed E-state index contributed by atoms with van der Waals surface area (Å²) in [6.07, 6.45) is 6.18. The third kappa shape index (κ3) is 1.95. The Labute approximate surface area is 103 Å². The van der Waals surface area contributed by atoms with Gasteiger partial charge < -0.3 is 10.4 Å². The van der Waals surface area contributed by atoms with E-state index >= 15 is 0 Å². The molecule has 2 aliphatic rings. The number of aromatic hydroxyl groups is 1. The molecule has 0 saturated heterocycles. The van der Waals surface area contributed by atoms with Gasteiger partial charge in [-0.25, -0.2) is 0 Å². The summed E-state index contributed by atoms with van der Waals surface area (Å²) in [5, 5.41) is 13.6. The number of benzene rings is 1. The first-order chi connectivity index (χ1) is 8.25. The maximum atomic E-state index is 9.83. The lowest BCUT2D eigenvalue weighted by molar-refractivity contribution is 0.374. The zero-order valence-electron chi connectivity index (χ0n) is 10.4. The molecule has 0 spiro atoms. The average Bonchev–Trinajstić information content (AvgIpc) is 2.89. The van der Waals surface area contributed by atoms with E-state index in [4.69, 9.17) is 0 Å². The Balaban J connectivity index is 1.77. The number of hydrogen-bond donors (Lipinski definition) is 2. The molecule has 3 unspecified atom stereocenters. The van der Waals surface area contributed by atoms with Crippen molar-refractivity contribution in [2.24, 2.45) is 5.92 Å². The fourth-order valence-electron chi connectivity index (χ4n) is 3.46. The highest BCUT2D eigenvalue weighted by Crippen LogP contribution is 2.38. The Morgan fingerprint density at radius 3 is 2.88 bits per heavy atom. The SMILES string of the molecule is CC1CCCC1NC1CCc2c(O)cccc21. The van der Waals surface area contributed by atoms with Crippen LogP contribution in [-0.4, -0.2) is 11.1 Å². The molecule has 0 aromatic heterocycles. The van der Waals surface area contributed by atoms with Gasteiger partial charge in [0.15, 0.2) is 0 Å². The van der Waals surface area contributed by atoms with Gasteiger partial charge >= 0.3 is 0 Å². The van der Waals surface area contributed by atoms with Gasteiger partial charge in [-0.3, -0.25) is 0 Å². The topological polar surface area (TPSA) is 32.3 Å². The van der Waals surface area contributed by atoms with E-state index in [-0.39, 0.29) is 0 Å². The minimum Gasteiger partial charge on any atom is -0.508 e. The molecule has 1 saturated carbocycles. The highest BCUT2D eigenvalue weighted by atomic mass is 16.3. The molecule has 3 atom stereocenters. The van der Waals surface area contributed by atoms with Crippen molar-refractivity contribution in [3.05, 3.63) is 29.3 Å². The molecule has 3 rings (SSSR count). The molecule has 0 radical (unpaired) electrons. The molecular formula is C15H21NO. The van der Waals surface area contributed by atoms with Crippen LogP contribution in [0.15, 0.2) is 18.2 Å². The van der Waals surface area contributed by atoms with Crippen molar-refractivity contribution in [3.63, 3.8) is 0 Å². The Hall–Kier alpha value is -1.02. The molecule has 2 heteroatoms. The first-order valence-corrected chi connectivity index (χ1v) is 6.82. The van der Waals surface area contributed by atoms with Crippen LogP contribution in [0.25, 0.3) is 0 Å². The largest absolute Gasteiger partial charge is 0.508 e. The van der Waals surface area contributed by atoms with E-state index < -0.39 is 0 Å². The van der Waals surface area contributed by atoms with Crippen molar-refractivity contribution in [1.82, 2.24) is 5.32 Å². The molecule has 92 valence electrons. The predicted molar refractivity (Wildman–Crippen MR) is 69.1 cm³/mol. The third-order valence-corrected chi connectivity index (χ3v) is 4.52. The first-order valence-electron chi connectivity index (χ1n) is 6.82. The van der Waals surface area contributed by atoms with Gasteiger partial charge in [-0.1, -0.05) is 25.5 Å².